The van der Waals surface area contributed by atoms with E-state index in [1.165, 1.54) is 6.42 Å². The Morgan fingerprint density at radius 3 is 2.76 bits per heavy atom. The first-order valence-corrected chi connectivity index (χ1v) is 6.67. The van der Waals surface area contributed by atoms with Crippen molar-refractivity contribution < 1.29 is 0 Å². The Kier molecular flexibility index (Phi) is 7.17. The summed E-state index contributed by atoms with van der Waals surface area (Å²) in [5.74, 6) is 0. The zero-order chi connectivity index (χ0) is 12.5. The van der Waals surface area contributed by atoms with E-state index < -0.39 is 0 Å². The van der Waals surface area contributed by atoms with E-state index in [2.05, 4.69) is 29.0 Å². The van der Waals surface area contributed by atoms with E-state index in [9.17, 15) is 0 Å². The van der Waals surface area contributed by atoms with Crippen molar-refractivity contribution in [3.05, 3.63) is 29.0 Å². The number of pyridine rings is 1. The standard InChI is InChI=1S/C13H22ClN3/c1-3-17(4-2)9-5-7-15-10-12-6-8-16-11-13(12)14/h6,8,11,15H,3-5,7,9-10H2,1-2H3. The van der Waals surface area contributed by atoms with Crippen molar-refractivity contribution in [2.45, 2.75) is 26.8 Å². The van der Waals surface area contributed by atoms with Crippen molar-refractivity contribution in [1.82, 2.24) is 15.2 Å². The Morgan fingerprint density at radius 2 is 2.12 bits per heavy atom. The summed E-state index contributed by atoms with van der Waals surface area (Å²) in [6.07, 6.45) is 4.64. The second kappa shape index (κ2) is 8.45. The second-order valence-electron chi connectivity index (χ2n) is 4.02. The van der Waals surface area contributed by atoms with Gasteiger partial charge < -0.3 is 10.2 Å². The molecular weight excluding hydrogens is 234 g/mol. The molecule has 0 bridgehead atoms. The van der Waals surface area contributed by atoms with Crippen LogP contribution in [0.5, 0.6) is 0 Å². The molecule has 1 aromatic rings. The predicted octanol–water partition coefficient (Wildman–Crippen LogP) is 2.56. The molecule has 1 aromatic heterocycles. The third-order valence-corrected chi connectivity index (χ3v) is 3.23. The number of hydrogen-bond acceptors (Lipinski definition) is 3. The first kappa shape index (κ1) is 14.4. The molecule has 0 saturated carbocycles. The van der Waals surface area contributed by atoms with E-state index >= 15 is 0 Å². The molecule has 0 aliphatic heterocycles. The van der Waals surface area contributed by atoms with Crippen molar-refractivity contribution >= 4 is 11.6 Å². The van der Waals surface area contributed by atoms with Crippen molar-refractivity contribution in [3.63, 3.8) is 0 Å². The van der Waals surface area contributed by atoms with Crippen molar-refractivity contribution in [2.24, 2.45) is 0 Å². The Morgan fingerprint density at radius 1 is 1.35 bits per heavy atom. The predicted molar refractivity (Wildman–Crippen MR) is 73.4 cm³/mol. The Balaban J connectivity index is 2.14. The summed E-state index contributed by atoms with van der Waals surface area (Å²) in [5.41, 5.74) is 1.12. The highest BCUT2D eigenvalue weighted by atomic mass is 35.5. The smallest absolute Gasteiger partial charge is 0.0634 e. The van der Waals surface area contributed by atoms with Gasteiger partial charge in [-0.15, -0.1) is 0 Å². The molecule has 0 aliphatic rings. The molecule has 1 N–H and O–H groups in total. The van der Waals surface area contributed by atoms with Crippen molar-refractivity contribution in [1.29, 1.82) is 0 Å². The molecule has 0 amide bonds. The maximum atomic E-state index is 6.02. The van der Waals surface area contributed by atoms with E-state index in [-0.39, 0.29) is 0 Å². The van der Waals surface area contributed by atoms with Crippen LogP contribution in [0.2, 0.25) is 5.02 Å². The Hall–Kier alpha value is -0.640. The van der Waals surface area contributed by atoms with Gasteiger partial charge in [-0.25, -0.2) is 0 Å². The molecule has 0 aromatic carbocycles. The van der Waals surface area contributed by atoms with Gasteiger partial charge in [0.25, 0.3) is 0 Å². The molecule has 0 atom stereocenters. The fourth-order valence-corrected chi connectivity index (χ4v) is 1.92. The highest BCUT2D eigenvalue weighted by Crippen LogP contribution is 2.12. The summed E-state index contributed by atoms with van der Waals surface area (Å²) in [6.45, 7) is 9.67. The van der Waals surface area contributed by atoms with Gasteiger partial charge in [0.1, 0.15) is 0 Å². The summed E-state index contributed by atoms with van der Waals surface area (Å²) >= 11 is 6.02. The molecule has 0 unspecified atom stereocenters. The Bertz CT molecular complexity index is 313. The SMILES string of the molecule is CCN(CC)CCCNCc1ccncc1Cl. The van der Waals surface area contributed by atoms with Gasteiger partial charge in [-0.1, -0.05) is 25.4 Å². The highest BCUT2D eigenvalue weighted by molar-refractivity contribution is 6.31. The number of nitrogens with zero attached hydrogens (tertiary/aromatic N) is 2. The van der Waals surface area contributed by atoms with Crippen LogP contribution >= 0.6 is 11.6 Å². The number of aromatic nitrogens is 1. The lowest BCUT2D eigenvalue weighted by Crippen LogP contribution is -2.27. The van der Waals surface area contributed by atoms with Crippen LogP contribution in [0, 0.1) is 0 Å². The lowest BCUT2D eigenvalue weighted by Gasteiger charge is -2.17. The number of nitrogens with one attached hydrogen (secondary N) is 1. The first-order valence-electron chi connectivity index (χ1n) is 6.29. The fraction of sp³-hybridized carbons (Fsp3) is 0.615. The average Bonchev–Trinajstić information content (AvgIpc) is 2.36. The number of hydrogen-bond donors (Lipinski definition) is 1. The van der Waals surface area contributed by atoms with Crippen LogP contribution in [0.25, 0.3) is 0 Å². The number of rotatable bonds is 8. The molecule has 3 nitrogen and oxygen atoms in total. The van der Waals surface area contributed by atoms with Crippen LogP contribution < -0.4 is 5.32 Å². The lowest BCUT2D eigenvalue weighted by atomic mass is 10.2. The molecule has 4 heteroatoms. The van der Waals surface area contributed by atoms with Gasteiger partial charge in [0.05, 0.1) is 5.02 Å². The van der Waals surface area contributed by atoms with E-state index in [1.54, 1.807) is 12.4 Å². The summed E-state index contributed by atoms with van der Waals surface area (Å²) < 4.78 is 0. The van der Waals surface area contributed by atoms with Crippen LogP contribution in [0.4, 0.5) is 0 Å². The summed E-state index contributed by atoms with van der Waals surface area (Å²) in [5, 5.41) is 4.15. The minimum Gasteiger partial charge on any atom is -0.313 e. The average molecular weight is 256 g/mol. The number of halogens is 1. The maximum absolute atomic E-state index is 6.02. The van der Waals surface area contributed by atoms with Gasteiger partial charge in [-0.3, -0.25) is 4.98 Å². The molecular formula is C13H22ClN3. The van der Waals surface area contributed by atoms with Gasteiger partial charge in [0, 0.05) is 18.9 Å². The van der Waals surface area contributed by atoms with E-state index in [1.807, 2.05) is 6.07 Å². The topological polar surface area (TPSA) is 28.2 Å². The van der Waals surface area contributed by atoms with E-state index in [0.29, 0.717) is 0 Å². The third-order valence-electron chi connectivity index (χ3n) is 2.89. The van der Waals surface area contributed by atoms with Crippen LogP contribution in [0.3, 0.4) is 0 Å². The van der Waals surface area contributed by atoms with Gasteiger partial charge in [0.2, 0.25) is 0 Å². The van der Waals surface area contributed by atoms with Crippen LogP contribution in [-0.2, 0) is 6.54 Å². The van der Waals surface area contributed by atoms with Gasteiger partial charge >= 0.3 is 0 Å². The zero-order valence-electron chi connectivity index (χ0n) is 10.7. The molecule has 96 valence electrons. The first-order chi connectivity index (χ1) is 8.27. The molecule has 0 radical (unpaired) electrons. The molecule has 0 aliphatic carbocycles. The van der Waals surface area contributed by atoms with Gasteiger partial charge in [-0.2, -0.15) is 0 Å². The maximum Gasteiger partial charge on any atom is 0.0634 e. The highest BCUT2D eigenvalue weighted by Gasteiger charge is 2.00. The summed E-state index contributed by atoms with van der Waals surface area (Å²) in [4.78, 5) is 6.40. The van der Waals surface area contributed by atoms with Crippen molar-refractivity contribution in [3.8, 4) is 0 Å². The van der Waals surface area contributed by atoms with Gasteiger partial charge in [-0.05, 0) is 44.2 Å². The monoisotopic (exact) mass is 255 g/mol. The van der Waals surface area contributed by atoms with Crippen LogP contribution in [0.1, 0.15) is 25.8 Å². The minimum atomic E-state index is 0.740. The normalized spacial score (nSPS) is 11.1. The molecule has 1 rings (SSSR count). The largest absolute Gasteiger partial charge is 0.313 e. The molecule has 1 heterocycles. The third kappa shape index (κ3) is 5.48. The Labute approximate surface area is 109 Å². The van der Waals surface area contributed by atoms with E-state index in [0.717, 1.165) is 43.3 Å². The lowest BCUT2D eigenvalue weighted by molar-refractivity contribution is 0.298. The molecule has 0 saturated heterocycles. The van der Waals surface area contributed by atoms with Crippen LogP contribution in [-0.4, -0.2) is 36.1 Å². The molecule has 0 spiro atoms. The summed E-state index contributed by atoms with van der Waals surface area (Å²) in [7, 11) is 0. The second-order valence-corrected chi connectivity index (χ2v) is 4.43. The zero-order valence-corrected chi connectivity index (χ0v) is 11.5. The minimum absolute atomic E-state index is 0.740. The fourth-order valence-electron chi connectivity index (χ4n) is 1.74. The van der Waals surface area contributed by atoms with Crippen LogP contribution in [0.15, 0.2) is 18.5 Å². The molecule has 17 heavy (non-hydrogen) atoms. The summed E-state index contributed by atoms with van der Waals surface area (Å²) in [6, 6.07) is 1.96. The quantitative estimate of drug-likeness (QED) is 0.724. The molecule has 0 fully saturated rings. The van der Waals surface area contributed by atoms with Gasteiger partial charge in [0.15, 0.2) is 0 Å². The van der Waals surface area contributed by atoms with E-state index in [4.69, 9.17) is 11.6 Å². The van der Waals surface area contributed by atoms with Crippen molar-refractivity contribution in [2.75, 3.05) is 26.2 Å².